The van der Waals surface area contributed by atoms with E-state index in [1.54, 1.807) is 6.92 Å². The van der Waals surface area contributed by atoms with Gasteiger partial charge in [-0.1, -0.05) is 13.8 Å². The third-order valence-corrected chi connectivity index (χ3v) is 1.94. The van der Waals surface area contributed by atoms with Crippen LogP contribution in [0.2, 0.25) is 0 Å². The minimum atomic E-state index is -0.797. The number of Topliss-reactive ketones (excluding diaryl/α,β-unsaturated/α-hetero) is 1. The van der Waals surface area contributed by atoms with Crippen LogP contribution in [0.25, 0.3) is 0 Å². The maximum absolute atomic E-state index is 11.2. The van der Waals surface area contributed by atoms with Crippen LogP contribution in [0.3, 0.4) is 0 Å². The molecule has 0 saturated carbocycles. The second-order valence-electron chi connectivity index (χ2n) is 3.65. The van der Waals surface area contributed by atoms with Gasteiger partial charge in [-0.3, -0.25) is 4.79 Å². The van der Waals surface area contributed by atoms with E-state index < -0.39 is 11.2 Å². The largest absolute Gasteiger partial charge is 0.311 e. The highest BCUT2D eigenvalue weighted by molar-refractivity contribution is 5.80. The van der Waals surface area contributed by atoms with E-state index in [1.165, 1.54) is 0 Å². The van der Waals surface area contributed by atoms with Gasteiger partial charge < -0.3 is 4.84 Å². The second-order valence-corrected chi connectivity index (χ2v) is 3.65. The number of hydrogen-bond donors (Lipinski definition) is 0. The van der Waals surface area contributed by atoms with E-state index in [9.17, 15) is 14.9 Å². The Kier molecular flexibility index (Phi) is 5.83. The van der Waals surface area contributed by atoms with Gasteiger partial charge in [0.15, 0.2) is 0 Å². The van der Waals surface area contributed by atoms with Gasteiger partial charge in [0, 0.05) is 12.3 Å². The third kappa shape index (κ3) is 6.39. The molecule has 0 radical (unpaired) electrons. The number of rotatable bonds is 7. The quantitative estimate of drug-likeness (QED) is 0.468. The lowest BCUT2D eigenvalue weighted by Gasteiger charge is -2.08. The van der Waals surface area contributed by atoms with Crippen LogP contribution in [0.15, 0.2) is 0 Å². The molecular weight excluding hydrogens is 186 g/mol. The molecule has 0 aliphatic rings. The fraction of sp³-hybridized carbons (Fsp3) is 0.889. The summed E-state index contributed by atoms with van der Waals surface area (Å²) in [5, 5.41) is 9.13. The molecule has 0 rings (SSSR count). The van der Waals surface area contributed by atoms with Gasteiger partial charge in [0.05, 0.1) is 0 Å². The molecule has 0 bridgehead atoms. The molecule has 82 valence electrons. The van der Waals surface area contributed by atoms with Crippen molar-refractivity contribution in [2.75, 3.05) is 0 Å². The number of nitrogens with zero attached hydrogens (tertiary/aromatic N) is 1. The Morgan fingerprint density at radius 2 is 2.00 bits per heavy atom. The topological polar surface area (TPSA) is 69.4 Å². The average Bonchev–Trinajstić information content (AvgIpc) is 2.02. The summed E-state index contributed by atoms with van der Waals surface area (Å²) >= 11 is 0. The van der Waals surface area contributed by atoms with Crippen molar-refractivity contribution in [3.8, 4) is 0 Å². The molecule has 0 heterocycles. The van der Waals surface area contributed by atoms with Crippen LogP contribution in [-0.4, -0.2) is 17.0 Å². The molecule has 5 heteroatoms. The molecule has 14 heavy (non-hydrogen) atoms. The maximum atomic E-state index is 11.2. The molecular formula is C9H17NO4. The highest BCUT2D eigenvalue weighted by Gasteiger charge is 2.10. The second kappa shape index (κ2) is 6.34. The molecule has 0 aromatic heterocycles. The summed E-state index contributed by atoms with van der Waals surface area (Å²) in [6, 6.07) is 0. The summed E-state index contributed by atoms with van der Waals surface area (Å²) in [6.07, 6.45) is 1.24. The number of carbonyl (C=O) groups excluding carboxylic acids is 1. The van der Waals surface area contributed by atoms with Crippen molar-refractivity contribution in [1.82, 2.24) is 0 Å². The first kappa shape index (κ1) is 12.9. The number of ketones is 1. The molecule has 0 fully saturated rings. The van der Waals surface area contributed by atoms with Crippen molar-refractivity contribution in [1.29, 1.82) is 0 Å². The summed E-state index contributed by atoms with van der Waals surface area (Å²) in [7, 11) is 0. The van der Waals surface area contributed by atoms with Crippen molar-refractivity contribution >= 4 is 5.78 Å². The van der Waals surface area contributed by atoms with Crippen LogP contribution in [-0.2, 0) is 9.63 Å². The first-order valence-electron chi connectivity index (χ1n) is 4.77. The van der Waals surface area contributed by atoms with Gasteiger partial charge in [-0.2, -0.15) is 0 Å². The fourth-order valence-corrected chi connectivity index (χ4v) is 1.05. The predicted octanol–water partition coefficient (Wildman–Crippen LogP) is 1.98. The van der Waals surface area contributed by atoms with Gasteiger partial charge in [0.1, 0.15) is 11.9 Å². The fourth-order valence-electron chi connectivity index (χ4n) is 1.05. The summed E-state index contributed by atoms with van der Waals surface area (Å²) in [6.45, 7) is 5.32. The van der Waals surface area contributed by atoms with Gasteiger partial charge in [-0.05, 0) is 19.8 Å². The van der Waals surface area contributed by atoms with E-state index in [1.807, 2.05) is 13.8 Å². The summed E-state index contributed by atoms with van der Waals surface area (Å²) in [5.41, 5.74) is 0. The molecule has 0 saturated heterocycles. The molecule has 0 aliphatic carbocycles. The predicted molar refractivity (Wildman–Crippen MR) is 51.2 cm³/mol. The summed E-state index contributed by atoms with van der Waals surface area (Å²) < 4.78 is 0. The van der Waals surface area contributed by atoms with Crippen LogP contribution in [0.1, 0.15) is 40.0 Å². The zero-order valence-electron chi connectivity index (χ0n) is 8.86. The Bertz CT molecular complexity index is 203. The normalized spacial score (nSPS) is 12.6. The van der Waals surface area contributed by atoms with E-state index in [0.29, 0.717) is 19.3 Å². The molecule has 1 atom stereocenters. The van der Waals surface area contributed by atoms with Gasteiger partial charge in [0.2, 0.25) is 0 Å². The molecule has 0 aromatic rings. The van der Waals surface area contributed by atoms with E-state index in [0.717, 1.165) is 0 Å². The zero-order chi connectivity index (χ0) is 11.1. The lowest BCUT2D eigenvalue weighted by molar-refractivity contribution is -0.767. The number of carbonyl (C=O) groups is 1. The van der Waals surface area contributed by atoms with Crippen molar-refractivity contribution in [2.24, 2.45) is 5.92 Å². The lowest BCUT2D eigenvalue weighted by atomic mass is 10.0. The monoisotopic (exact) mass is 203 g/mol. The first-order valence-corrected chi connectivity index (χ1v) is 4.77. The summed E-state index contributed by atoms with van der Waals surface area (Å²) in [5.74, 6) is 0.236. The van der Waals surface area contributed by atoms with Crippen molar-refractivity contribution in [3.63, 3.8) is 0 Å². The van der Waals surface area contributed by atoms with Crippen molar-refractivity contribution in [3.05, 3.63) is 10.1 Å². The Morgan fingerprint density at radius 3 is 2.43 bits per heavy atom. The lowest BCUT2D eigenvalue weighted by Crippen LogP contribution is -2.14. The Morgan fingerprint density at radius 1 is 1.43 bits per heavy atom. The van der Waals surface area contributed by atoms with Crippen molar-refractivity contribution < 1.29 is 14.7 Å². The highest BCUT2D eigenvalue weighted by atomic mass is 17.0. The molecule has 0 aliphatic heterocycles. The standard InChI is InChI=1S/C9H17NO4/c1-7(2)9(11)6-4-5-8(3)14-10(12)13/h7-8H,4-6H2,1-3H3. The Balaban J connectivity index is 3.54. The van der Waals surface area contributed by atoms with Crippen LogP contribution < -0.4 is 0 Å². The third-order valence-electron chi connectivity index (χ3n) is 1.94. The molecule has 0 spiro atoms. The average molecular weight is 203 g/mol. The molecule has 0 N–H and O–H groups in total. The molecule has 5 nitrogen and oxygen atoms in total. The first-order chi connectivity index (χ1) is 6.43. The molecule has 1 unspecified atom stereocenters. The smallest absolute Gasteiger partial charge is 0.294 e. The molecule has 0 aromatic carbocycles. The minimum Gasteiger partial charge on any atom is -0.311 e. The van der Waals surface area contributed by atoms with E-state index >= 15 is 0 Å². The van der Waals surface area contributed by atoms with Crippen LogP contribution in [0.5, 0.6) is 0 Å². The van der Waals surface area contributed by atoms with Crippen LogP contribution in [0, 0.1) is 16.0 Å². The van der Waals surface area contributed by atoms with Crippen molar-refractivity contribution in [2.45, 2.75) is 46.1 Å². The minimum absolute atomic E-state index is 0.0433. The Hall–Kier alpha value is -1.13. The van der Waals surface area contributed by atoms with Crippen LogP contribution in [0.4, 0.5) is 0 Å². The van der Waals surface area contributed by atoms with E-state index in [2.05, 4.69) is 4.84 Å². The molecule has 0 amide bonds. The SMILES string of the molecule is CC(CCCC(=O)C(C)C)O[N+](=O)[O-]. The Labute approximate surface area is 83.5 Å². The van der Waals surface area contributed by atoms with Gasteiger partial charge in [-0.25, -0.2) is 0 Å². The zero-order valence-corrected chi connectivity index (χ0v) is 8.86. The van der Waals surface area contributed by atoms with E-state index in [4.69, 9.17) is 0 Å². The summed E-state index contributed by atoms with van der Waals surface area (Å²) in [4.78, 5) is 25.4. The highest BCUT2D eigenvalue weighted by Crippen LogP contribution is 2.08. The maximum Gasteiger partial charge on any atom is 0.294 e. The van der Waals surface area contributed by atoms with Gasteiger partial charge >= 0.3 is 0 Å². The number of hydrogen-bond acceptors (Lipinski definition) is 4. The van der Waals surface area contributed by atoms with E-state index in [-0.39, 0.29) is 11.7 Å². The van der Waals surface area contributed by atoms with Gasteiger partial charge in [-0.15, -0.1) is 10.1 Å². The van der Waals surface area contributed by atoms with Crippen LogP contribution >= 0.6 is 0 Å². The van der Waals surface area contributed by atoms with Gasteiger partial charge in [0.25, 0.3) is 5.09 Å².